The Kier molecular flexibility index (Phi) is 6.12. The molecule has 1 N–H and O–H groups in total. The Hall–Kier alpha value is -3.72. The van der Waals surface area contributed by atoms with E-state index >= 15 is 0 Å². The lowest BCUT2D eigenvalue weighted by Crippen LogP contribution is -2.39. The molecule has 156 valence electrons. The number of nitro benzene ring substituents is 1. The third-order valence-electron chi connectivity index (χ3n) is 4.61. The molecular formula is C21H19NO8. The lowest BCUT2D eigenvalue weighted by molar-refractivity contribution is -0.384. The molecule has 1 atom stereocenters. The van der Waals surface area contributed by atoms with Gasteiger partial charge in [0.05, 0.1) is 24.2 Å². The van der Waals surface area contributed by atoms with E-state index in [0.29, 0.717) is 11.3 Å². The molecule has 0 aliphatic carbocycles. The average molecular weight is 413 g/mol. The quantitative estimate of drug-likeness (QED) is 0.318. The van der Waals surface area contributed by atoms with Crippen LogP contribution < -0.4 is 4.74 Å². The third kappa shape index (κ3) is 4.64. The Morgan fingerprint density at radius 3 is 2.47 bits per heavy atom. The maximum absolute atomic E-state index is 12.3. The van der Waals surface area contributed by atoms with Crippen LogP contribution in [0.5, 0.6) is 5.75 Å². The fraction of sp³-hybridized carbons (Fsp3) is 0.238. The number of cyclic esters (lactones) is 1. The van der Waals surface area contributed by atoms with Gasteiger partial charge in [-0.05, 0) is 35.9 Å². The molecule has 2 aromatic carbocycles. The molecular weight excluding hydrogens is 394 g/mol. The van der Waals surface area contributed by atoms with E-state index in [4.69, 9.17) is 14.2 Å². The summed E-state index contributed by atoms with van der Waals surface area (Å²) >= 11 is 0. The standard InChI is InChI=1S/C21H19NO8/c1-28-18-8-2-14(3-9-18)10-16-11-21(12-23,30-20(16)25)13-29-19(24)15-4-6-17(7-5-15)22(26)27/h2-10,23H,11-13H2,1H3/b16-10-. The van der Waals surface area contributed by atoms with Crippen molar-refractivity contribution in [1.29, 1.82) is 0 Å². The molecule has 0 aromatic heterocycles. The number of esters is 2. The van der Waals surface area contributed by atoms with Crippen LogP contribution in [0.3, 0.4) is 0 Å². The molecule has 9 heteroatoms. The molecule has 3 rings (SSSR count). The SMILES string of the molecule is COc1ccc(/C=C2/CC(CO)(COC(=O)c3ccc([N+](=O)[O-])cc3)OC2=O)cc1. The smallest absolute Gasteiger partial charge is 0.338 e. The molecule has 0 radical (unpaired) electrons. The van der Waals surface area contributed by atoms with Crippen LogP contribution in [0, 0.1) is 10.1 Å². The highest BCUT2D eigenvalue weighted by Crippen LogP contribution is 2.32. The predicted octanol–water partition coefficient (Wildman–Crippen LogP) is 2.52. The topological polar surface area (TPSA) is 125 Å². The van der Waals surface area contributed by atoms with Gasteiger partial charge in [0.25, 0.3) is 5.69 Å². The van der Waals surface area contributed by atoms with Crippen LogP contribution in [0.4, 0.5) is 5.69 Å². The molecule has 1 heterocycles. The second kappa shape index (κ2) is 8.75. The number of carbonyl (C=O) groups excluding carboxylic acids is 2. The molecule has 1 unspecified atom stereocenters. The van der Waals surface area contributed by atoms with Crippen molar-refractivity contribution in [2.45, 2.75) is 12.0 Å². The van der Waals surface area contributed by atoms with Gasteiger partial charge in [-0.1, -0.05) is 12.1 Å². The van der Waals surface area contributed by atoms with Crippen molar-refractivity contribution in [1.82, 2.24) is 0 Å². The number of rotatable bonds is 7. The number of aliphatic hydroxyl groups is 1. The number of methoxy groups -OCH3 is 1. The molecule has 0 bridgehead atoms. The summed E-state index contributed by atoms with van der Waals surface area (Å²) in [5.41, 5.74) is -0.352. The van der Waals surface area contributed by atoms with Gasteiger partial charge in [-0.2, -0.15) is 0 Å². The van der Waals surface area contributed by atoms with E-state index in [1.807, 2.05) is 0 Å². The van der Waals surface area contributed by atoms with Crippen LogP contribution in [0.1, 0.15) is 22.3 Å². The van der Waals surface area contributed by atoms with Gasteiger partial charge in [-0.25, -0.2) is 9.59 Å². The minimum atomic E-state index is -1.38. The third-order valence-corrected chi connectivity index (χ3v) is 4.61. The van der Waals surface area contributed by atoms with E-state index in [0.717, 1.165) is 5.56 Å². The van der Waals surface area contributed by atoms with Crippen LogP contribution in [-0.4, -0.2) is 47.9 Å². The number of hydrogen-bond donors (Lipinski definition) is 1. The van der Waals surface area contributed by atoms with Gasteiger partial charge in [-0.3, -0.25) is 10.1 Å². The zero-order valence-electron chi connectivity index (χ0n) is 16.1. The van der Waals surface area contributed by atoms with Crippen molar-refractivity contribution in [2.24, 2.45) is 0 Å². The number of ether oxygens (including phenoxy) is 3. The van der Waals surface area contributed by atoms with Crippen molar-refractivity contribution >= 4 is 23.7 Å². The van der Waals surface area contributed by atoms with Gasteiger partial charge in [0.2, 0.25) is 0 Å². The molecule has 1 saturated heterocycles. The summed E-state index contributed by atoms with van der Waals surface area (Å²) in [6, 6.07) is 11.9. The first-order chi connectivity index (χ1) is 14.4. The molecule has 0 saturated carbocycles. The Labute approximate surface area is 171 Å². The number of nitrogens with zero attached hydrogens (tertiary/aromatic N) is 1. The predicted molar refractivity (Wildman–Crippen MR) is 105 cm³/mol. The van der Waals surface area contributed by atoms with Gasteiger partial charge >= 0.3 is 11.9 Å². The normalized spacial score (nSPS) is 19.4. The summed E-state index contributed by atoms with van der Waals surface area (Å²) in [7, 11) is 1.55. The highest BCUT2D eigenvalue weighted by molar-refractivity contribution is 5.96. The Morgan fingerprint density at radius 1 is 1.23 bits per heavy atom. The molecule has 1 fully saturated rings. The zero-order chi connectivity index (χ0) is 21.7. The minimum absolute atomic E-state index is 0.0574. The van der Waals surface area contributed by atoms with Crippen molar-refractivity contribution in [3.63, 3.8) is 0 Å². The van der Waals surface area contributed by atoms with Gasteiger partial charge in [-0.15, -0.1) is 0 Å². The van der Waals surface area contributed by atoms with Gasteiger partial charge in [0.1, 0.15) is 12.4 Å². The second-order valence-electron chi connectivity index (χ2n) is 6.73. The van der Waals surface area contributed by atoms with E-state index in [1.165, 1.54) is 24.3 Å². The largest absolute Gasteiger partial charge is 0.497 e. The Bertz CT molecular complexity index is 981. The van der Waals surface area contributed by atoms with Crippen LogP contribution in [0.15, 0.2) is 54.1 Å². The highest BCUT2D eigenvalue weighted by Gasteiger charge is 2.44. The summed E-state index contributed by atoms with van der Waals surface area (Å²) in [6.07, 6.45) is 1.69. The summed E-state index contributed by atoms with van der Waals surface area (Å²) in [5.74, 6) is -0.679. The molecule has 1 aliphatic rings. The fourth-order valence-electron chi connectivity index (χ4n) is 2.94. The van der Waals surface area contributed by atoms with Crippen LogP contribution in [-0.2, 0) is 14.3 Å². The molecule has 9 nitrogen and oxygen atoms in total. The minimum Gasteiger partial charge on any atom is -0.497 e. The first-order valence-electron chi connectivity index (χ1n) is 8.96. The van der Waals surface area contributed by atoms with Crippen molar-refractivity contribution in [2.75, 3.05) is 20.3 Å². The van der Waals surface area contributed by atoms with Gasteiger partial charge in [0.15, 0.2) is 5.60 Å². The Balaban J connectivity index is 1.68. The number of non-ortho nitro benzene ring substituents is 1. The molecule has 2 aromatic rings. The molecule has 0 amide bonds. The number of benzene rings is 2. The number of aliphatic hydroxyl groups excluding tert-OH is 1. The maximum Gasteiger partial charge on any atom is 0.338 e. The van der Waals surface area contributed by atoms with Gasteiger partial charge in [0, 0.05) is 24.1 Å². The van der Waals surface area contributed by atoms with E-state index in [1.54, 1.807) is 37.5 Å². The first kappa shape index (κ1) is 21.0. The van der Waals surface area contributed by atoms with E-state index in [9.17, 15) is 24.8 Å². The Morgan fingerprint density at radius 2 is 1.90 bits per heavy atom. The van der Waals surface area contributed by atoms with Crippen LogP contribution in [0.2, 0.25) is 0 Å². The van der Waals surface area contributed by atoms with E-state index in [2.05, 4.69) is 0 Å². The first-order valence-corrected chi connectivity index (χ1v) is 8.96. The molecule has 0 spiro atoms. The number of carbonyl (C=O) groups is 2. The zero-order valence-corrected chi connectivity index (χ0v) is 16.1. The lowest BCUT2D eigenvalue weighted by atomic mass is 9.98. The van der Waals surface area contributed by atoms with E-state index in [-0.39, 0.29) is 24.3 Å². The van der Waals surface area contributed by atoms with Crippen LogP contribution >= 0.6 is 0 Å². The monoisotopic (exact) mass is 413 g/mol. The second-order valence-corrected chi connectivity index (χ2v) is 6.73. The van der Waals surface area contributed by atoms with Gasteiger partial charge < -0.3 is 19.3 Å². The lowest BCUT2D eigenvalue weighted by Gasteiger charge is -2.24. The van der Waals surface area contributed by atoms with E-state index < -0.39 is 29.1 Å². The maximum atomic E-state index is 12.3. The summed E-state index contributed by atoms with van der Waals surface area (Å²) in [6.45, 7) is -0.892. The number of hydrogen-bond acceptors (Lipinski definition) is 8. The fourth-order valence-corrected chi connectivity index (χ4v) is 2.94. The average Bonchev–Trinajstić information content (AvgIpc) is 3.08. The van der Waals surface area contributed by atoms with Crippen LogP contribution in [0.25, 0.3) is 6.08 Å². The van der Waals surface area contributed by atoms with Crippen molar-refractivity contribution in [3.8, 4) is 5.75 Å². The summed E-state index contributed by atoms with van der Waals surface area (Å²) in [4.78, 5) is 34.6. The number of nitro groups is 1. The molecule has 1 aliphatic heterocycles. The molecule has 30 heavy (non-hydrogen) atoms. The van der Waals surface area contributed by atoms with Crippen molar-refractivity contribution in [3.05, 3.63) is 75.3 Å². The summed E-state index contributed by atoms with van der Waals surface area (Å²) in [5, 5.41) is 20.5. The highest BCUT2D eigenvalue weighted by atomic mass is 16.6. The summed E-state index contributed by atoms with van der Waals surface area (Å²) < 4.78 is 15.6. The van der Waals surface area contributed by atoms with Crippen molar-refractivity contribution < 1.29 is 33.8 Å².